The number of nitrogens with zero attached hydrogens (tertiary/aromatic N) is 1. The normalized spacial score (nSPS) is 11.2. The van der Waals surface area contributed by atoms with Gasteiger partial charge < -0.3 is 5.32 Å². The number of halogens is 4. The van der Waals surface area contributed by atoms with Gasteiger partial charge in [-0.3, -0.25) is 9.78 Å². The van der Waals surface area contributed by atoms with E-state index in [-0.39, 0.29) is 12.1 Å². The first-order valence-corrected chi connectivity index (χ1v) is 6.29. The lowest BCUT2D eigenvalue weighted by Gasteiger charge is -2.11. The number of amides is 1. The van der Waals surface area contributed by atoms with E-state index in [1.165, 1.54) is 12.3 Å². The Morgan fingerprint density at radius 1 is 1.29 bits per heavy atom. The summed E-state index contributed by atoms with van der Waals surface area (Å²) in [6.45, 7) is 0. The molecule has 3 nitrogen and oxygen atoms in total. The molecular weight excluding hydrogens is 305 g/mol. The maximum atomic E-state index is 12.7. The first-order valence-electron chi connectivity index (χ1n) is 5.92. The molecule has 0 fully saturated rings. The predicted octanol–water partition coefficient (Wildman–Crippen LogP) is 3.94. The van der Waals surface area contributed by atoms with Crippen molar-refractivity contribution in [2.24, 2.45) is 0 Å². The number of benzene rings is 1. The summed E-state index contributed by atoms with van der Waals surface area (Å²) in [6, 6.07) is 6.61. The van der Waals surface area contributed by atoms with E-state index in [0.29, 0.717) is 5.56 Å². The van der Waals surface area contributed by atoms with Crippen LogP contribution < -0.4 is 5.32 Å². The lowest BCUT2D eigenvalue weighted by Crippen LogP contribution is -2.15. The summed E-state index contributed by atoms with van der Waals surface area (Å²) in [5, 5.41) is 2.00. The molecule has 1 heterocycles. The Bertz CT molecular complexity index is 644. The van der Waals surface area contributed by atoms with Crippen LogP contribution in [-0.2, 0) is 17.4 Å². The monoisotopic (exact) mass is 314 g/mol. The number of nitrogens with one attached hydrogen (secondary N) is 1. The fourth-order valence-electron chi connectivity index (χ4n) is 1.71. The lowest BCUT2D eigenvalue weighted by molar-refractivity contribution is -0.137. The molecule has 1 N–H and O–H groups in total. The lowest BCUT2D eigenvalue weighted by atomic mass is 10.1. The Kier molecular flexibility index (Phi) is 4.47. The van der Waals surface area contributed by atoms with Crippen molar-refractivity contribution in [3.8, 4) is 0 Å². The molecule has 0 unspecified atom stereocenters. The molecule has 0 aliphatic rings. The average molecular weight is 315 g/mol. The third-order valence-electron chi connectivity index (χ3n) is 2.64. The average Bonchev–Trinajstić information content (AvgIpc) is 2.41. The molecule has 0 atom stereocenters. The van der Waals surface area contributed by atoms with Gasteiger partial charge in [-0.2, -0.15) is 13.2 Å². The summed E-state index contributed by atoms with van der Waals surface area (Å²) in [5.74, 6) is -0.432. The van der Waals surface area contributed by atoms with Gasteiger partial charge in [-0.05, 0) is 29.8 Å². The summed E-state index contributed by atoms with van der Waals surface area (Å²) >= 11 is 5.51. The molecule has 0 saturated heterocycles. The molecule has 1 amide bonds. The van der Waals surface area contributed by atoms with Gasteiger partial charge in [-0.1, -0.05) is 17.7 Å². The molecule has 2 aromatic rings. The van der Waals surface area contributed by atoms with Crippen LogP contribution in [0.15, 0.2) is 42.7 Å². The minimum Gasteiger partial charge on any atom is -0.326 e. The largest absolute Gasteiger partial charge is 0.417 e. The van der Waals surface area contributed by atoms with Crippen molar-refractivity contribution in [1.82, 2.24) is 4.98 Å². The summed E-state index contributed by atoms with van der Waals surface area (Å²) < 4.78 is 38.1. The molecular formula is C14H10ClF3N2O. The van der Waals surface area contributed by atoms with Crippen LogP contribution in [0.4, 0.5) is 18.9 Å². The first-order chi connectivity index (χ1) is 9.86. The summed E-state index contributed by atoms with van der Waals surface area (Å²) in [5.41, 5.74) is -0.274. The van der Waals surface area contributed by atoms with Crippen LogP contribution in [0.25, 0.3) is 0 Å². The Morgan fingerprint density at radius 3 is 2.67 bits per heavy atom. The fraction of sp³-hybridized carbons (Fsp3) is 0.143. The van der Waals surface area contributed by atoms with Crippen LogP contribution in [0.1, 0.15) is 11.1 Å². The van der Waals surface area contributed by atoms with Gasteiger partial charge in [-0.15, -0.1) is 0 Å². The van der Waals surface area contributed by atoms with E-state index in [2.05, 4.69) is 10.3 Å². The molecule has 7 heteroatoms. The third kappa shape index (κ3) is 4.19. The summed E-state index contributed by atoms with van der Waals surface area (Å²) in [6.07, 6.45) is -1.46. The number of carbonyl (C=O) groups is 1. The second-order valence-corrected chi connectivity index (χ2v) is 4.69. The number of alkyl halides is 3. The maximum Gasteiger partial charge on any atom is 0.417 e. The number of rotatable bonds is 3. The van der Waals surface area contributed by atoms with Crippen molar-refractivity contribution < 1.29 is 18.0 Å². The highest BCUT2D eigenvalue weighted by atomic mass is 35.5. The van der Waals surface area contributed by atoms with E-state index < -0.39 is 22.7 Å². The van der Waals surface area contributed by atoms with E-state index >= 15 is 0 Å². The fourth-order valence-corrected chi connectivity index (χ4v) is 1.94. The van der Waals surface area contributed by atoms with Gasteiger partial charge in [0, 0.05) is 18.1 Å². The van der Waals surface area contributed by atoms with Crippen molar-refractivity contribution in [2.45, 2.75) is 12.6 Å². The van der Waals surface area contributed by atoms with Crippen molar-refractivity contribution in [1.29, 1.82) is 0 Å². The molecule has 21 heavy (non-hydrogen) atoms. The minimum absolute atomic E-state index is 0.0256. The van der Waals surface area contributed by atoms with Crippen LogP contribution >= 0.6 is 11.6 Å². The molecule has 0 radical (unpaired) electrons. The van der Waals surface area contributed by atoms with Gasteiger partial charge in [-0.25, -0.2) is 0 Å². The summed E-state index contributed by atoms with van der Waals surface area (Å²) in [7, 11) is 0. The van der Waals surface area contributed by atoms with E-state index in [9.17, 15) is 18.0 Å². The van der Waals surface area contributed by atoms with Crippen molar-refractivity contribution >= 4 is 23.2 Å². The van der Waals surface area contributed by atoms with Gasteiger partial charge in [0.1, 0.15) is 0 Å². The van der Waals surface area contributed by atoms with Crippen LogP contribution in [0.5, 0.6) is 0 Å². The molecule has 1 aromatic heterocycles. The van der Waals surface area contributed by atoms with Crippen LogP contribution in [0.2, 0.25) is 5.02 Å². The smallest absolute Gasteiger partial charge is 0.326 e. The molecule has 0 spiro atoms. The number of carbonyl (C=O) groups excluding carboxylic acids is 1. The molecule has 110 valence electrons. The standard InChI is InChI=1S/C14H10ClF3N2O/c15-12-4-3-10(7-11(12)14(16,17)18)20-13(21)6-9-2-1-5-19-8-9/h1-5,7-8H,6H2,(H,20,21). The first kappa shape index (κ1) is 15.3. The molecule has 1 aromatic carbocycles. The number of anilines is 1. The molecule has 0 saturated carbocycles. The number of aromatic nitrogens is 1. The Hall–Kier alpha value is -2.08. The highest BCUT2D eigenvalue weighted by molar-refractivity contribution is 6.31. The Morgan fingerprint density at radius 2 is 2.05 bits per heavy atom. The van der Waals surface area contributed by atoms with Gasteiger partial charge in [0.05, 0.1) is 17.0 Å². The zero-order valence-corrected chi connectivity index (χ0v) is 11.4. The minimum atomic E-state index is -4.57. The van der Waals surface area contributed by atoms with Crippen LogP contribution in [0.3, 0.4) is 0 Å². The highest BCUT2D eigenvalue weighted by Gasteiger charge is 2.33. The van der Waals surface area contributed by atoms with Gasteiger partial charge in [0.25, 0.3) is 0 Å². The second-order valence-electron chi connectivity index (χ2n) is 4.28. The zero-order chi connectivity index (χ0) is 15.5. The Balaban J connectivity index is 2.11. The van der Waals surface area contributed by atoms with Crippen LogP contribution in [-0.4, -0.2) is 10.9 Å². The molecule has 0 aliphatic carbocycles. The SMILES string of the molecule is O=C(Cc1cccnc1)Nc1ccc(Cl)c(C(F)(F)F)c1. The maximum absolute atomic E-state index is 12.7. The van der Waals surface area contributed by atoms with Crippen molar-refractivity contribution in [3.63, 3.8) is 0 Å². The van der Waals surface area contributed by atoms with Crippen molar-refractivity contribution in [3.05, 3.63) is 58.9 Å². The predicted molar refractivity (Wildman–Crippen MR) is 73.0 cm³/mol. The van der Waals surface area contributed by atoms with Gasteiger partial charge in [0.2, 0.25) is 5.91 Å². The van der Waals surface area contributed by atoms with Crippen LogP contribution in [0, 0.1) is 0 Å². The molecule has 2 rings (SSSR count). The molecule has 0 aliphatic heterocycles. The Labute approximate surface area is 123 Å². The topological polar surface area (TPSA) is 42.0 Å². The third-order valence-corrected chi connectivity index (χ3v) is 2.97. The second kappa shape index (κ2) is 6.13. The quantitative estimate of drug-likeness (QED) is 0.932. The van der Waals surface area contributed by atoms with Gasteiger partial charge >= 0.3 is 6.18 Å². The number of hydrogen-bond acceptors (Lipinski definition) is 2. The van der Waals surface area contributed by atoms with E-state index in [1.807, 2.05) is 0 Å². The number of pyridine rings is 1. The molecule has 0 bridgehead atoms. The van der Waals surface area contributed by atoms with E-state index in [1.54, 1.807) is 18.3 Å². The summed E-state index contributed by atoms with van der Waals surface area (Å²) in [4.78, 5) is 15.6. The van der Waals surface area contributed by atoms with Crippen molar-refractivity contribution in [2.75, 3.05) is 5.32 Å². The van der Waals surface area contributed by atoms with E-state index in [0.717, 1.165) is 12.1 Å². The highest BCUT2D eigenvalue weighted by Crippen LogP contribution is 2.36. The zero-order valence-electron chi connectivity index (χ0n) is 10.6. The van der Waals surface area contributed by atoms with E-state index in [4.69, 9.17) is 11.6 Å². The number of hydrogen-bond donors (Lipinski definition) is 1. The van der Waals surface area contributed by atoms with Gasteiger partial charge in [0.15, 0.2) is 0 Å².